The molecule has 0 saturated carbocycles. The molecule has 0 aliphatic carbocycles. The summed E-state index contributed by atoms with van der Waals surface area (Å²) in [5.74, 6) is 1.68. The van der Waals surface area contributed by atoms with E-state index in [1.807, 2.05) is 51.1 Å². The van der Waals surface area contributed by atoms with Gasteiger partial charge in [-0.25, -0.2) is 15.1 Å². The van der Waals surface area contributed by atoms with Crippen LogP contribution >= 0.6 is 15.9 Å². The zero-order valence-electron chi connectivity index (χ0n) is 19.3. The van der Waals surface area contributed by atoms with Crippen molar-refractivity contribution in [2.75, 3.05) is 20.2 Å². The summed E-state index contributed by atoms with van der Waals surface area (Å²) < 4.78 is 12.1. The van der Waals surface area contributed by atoms with E-state index in [-0.39, 0.29) is 12.0 Å². The standard InChI is InChI=1S/C25H28BrN4O3/c1-25(2,3)33-24(31)30-12-9-16(10-13-30)23-28-21(17-6-5-11-27-15-17)22(29-23)19-14-18(26)7-8-20(19)32-4/h5-8,11,14-16H,9-10,12-13H2,1-4H3. The minimum Gasteiger partial charge on any atom is -0.496 e. The van der Waals surface area contributed by atoms with Crippen LogP contribution in [0.25, 0.3) is 11.4 Å². The zero-order valence-corrected chi connectivity index (χ0v) is 20.9. The normalized spacial score (nSPS) is 17.0. The van der Waals surface area contributed by atoms with Gasteiger partial charge in [0.1, 0.15) is 28.6 Å². The number of likely N-dealkylation sites (tertiary alicyclic amines) is 1. The Balaban J connectivity index is 1.58. The Morgan fingerprint density at radius 2 is 1.91 bits per heavy atom. The Hall–Kier alpha value is -2.87. The van der Waals surface area contributed by atoms with Gasteiger partial charge in [-0.1, -0.05) is 15.9 Å². The van der Waals surface area contributed by atoms with E-state index in [9.17, 15) is 4.79 Å². The van der Waals surface area contributed by atoms with Crippen molar-refractivity contribution in [1.82, 2.24) is 15.2 Å². The number of carbonyl (C=O) groups is 1. The lowest BCUT2D eigenvalue weighted by Crippen LogP contribution is -2.43. The molecule has 8 heteroatoms. The zero-order chi connectivity index (χ0) is 23.6. The third-order valence-corrected chi connectivity index (χ3v) is 6.03. The Kier molecular flexibility index (Phi) is 6.74. The number of nitrogens with zero attached hydrogens (tertiary/aromatic N) is 4. The molecule has 1 fully saturated rings. The molecule has 7 nitrogen and oxygen atoms in total. The van der Waals surface area contributed by atoms with Gasteiger partial charge in [-0.2, -0.15) is 0 Å². The highest BCUT2D eigenvalue weighted by atomic mass is 79.9. The molecular formula is C25H28BrN4O3. The van der Waals surface area contributed by atoms with Gasteiger partial charge < -0.3 is 14.4 Å². The number of carbonyl (C=O) groups excluding carboxylic acids is 1. The van der Waals surface area contributed by atoms with E-state index in [4.69, 9.17) is 19.8 Å². The molecule has 1 aromatic heterocycles. The number of pyridine rings is 1. The second-order valence-electron chi connectivity index (χ2n) is 9.11. The van der Waals surface area contributed by atoms with Crippen molar-refractivity contribution in [2.45, 2.75) is 39.2 Å². The fourth-order valence-corrected chi connectivity index (χ4v) is 4.31. The monoisotopic (exact) mass is 511 g/mol. The van der Waals surface area contributed by atoms with Crippen molar-refractivity contribution < 1.29 is 14.3 Å². The highest BCUT2D eigenvalue weighted by Crippen LogP contribution is 2.38. The first-order valence-corrected chi connectivity index (χ1v) is 11.8. The molecule has 0 spiro atoms. The number of rotatable bonds is 4. The number of ether oxygens (including phenoxy) is 2. The van der Waals surface area contributed by atoms with Gasteiger partial charge in [-0.15, -0.1) is 0 Å². The average molecular weight is 512 g/mol. The molecule has 0 N–H and O–H groups in total. The number of hydrogen-bond acceptors (Lipinski definition) is 5. The van der Waals surface area contributed by atoms with E-state index in [2.05, 4.69) is 20.9 Å². The number of halogens is 1. The van der Waals surface area contributed by atoms with Crippen LogP contribution in [0, 0.1) is 5.92 Å². The van der Waals surface area contributed by atoms with Crippen LogP contribution in [0.4, 0.5) is 4.79 Å². The average Bonchev–Trinajstić information content (AvgIpc) is 3.24. The first kappa shape index (κ1) is 23.3. The summed E-state index contributed by atoms with van der Waals surface area (Å²) in [5.41, 5.74) is 2.82. The van der Waals surface area contributed by atoms with E-state index >= 15 is 0 Å². The van der Waals surface area contributed by atoms with Crippen LogP contribution in [0.2, 0.25) is 0 Å². The molecular weight excluding hydrogens is 484 g/mol. The molecule has 2 aliphatic rings. The summed E-state index contributed by atoms with van der Waals surface area (Å²) in [5, 5.41) is 4.96. The van der Waals surface area contributed by atoms with Crippen molar-refractivity contribution >= 4 is 39.3 Å². The minimum atomic E-state index is -0.501. The van der Waals surface area contributed by atoms with Crippen molar-refractivity contribution in [3.05, 3.63) is 58.3 Å². The summed E-state index contributed by atoms with van der Waals surface area (Å²) in [6.45, 7) is 6.88. The number of amides is 1. The minimum absolute atomic E-state index is 0.158. The van der Waals surface area contributed by atoms with Gasteiger partial charge in [0.15, 0.2) is 0 Å². The lowest BCUT2D eigenvalue weighted by atomic mass is 9.95. The first-order valence-electron chi connectivity index (χ1n) is 11.0. The summed E-state index contributed by atoms with van der Waals surface area (Å²) in [6, 6.07) is 9.73. The molecule has 173 valence electrons. The van der Waals surface area contributed by atoms with Gasteiger partial charge >= 0.3 is 6.09 Å². The Morgan fingerprint density at radius 1 is 1.15 bits per heavy atom. The second kappa shape index (κ2) is 9.55. The summed E-state index contributed by atoms with van der Waals surface area (Å²) in [7, 11) is 1.65. The molecule has 2 aliphatic heterocycles. The number of benzene rings is 1. The molecule has 1 saturated heterocycles. The molecule has 1 aromatic carbocycles. The van der Waals surface area contributed by atoms with E-state index < -0.39 is 5.60 Å². The fourth-order valence-electron chi connectivity index (χ4n) is 3.95. The van der Waals surface area contributed by atoms with Crippen LogP contribution < -0.4 is 10.1 Å². The lowest BCUT2D eigenvalue weighted by molar-refractivity contribution is 0.0201. The SMILES string of the molecule is COc1ccc(Br)cc1C1=C(c2cccnc2)[N]C(C2CCN(C(=O)OC(C)(C)C)CC2)=N1. The maximum Gasteiger partial charge on any atom is 0.410 e. The van der Waals surface area contributed by atoms with E-state index in [1.54, 1.807) is 24.4 Å². The number of methoxy groups -OCH3 is 1. The van der Waals surface area contributed by atoms with E-state index in [0.717, 1.165) is 51.4 Å². The highest BCUT2D eigenvalue weighted by molar-refractivity contribution is 9.10. The lowest BCUT2D eigenvalue weighted by Gasteiger charge is -2.33. The number of amidine groups is 1. The maximum atomic E-state index is 12.4. The highest BCUT2D eigenvalue weighted by Gasteiger charge is 2.33. The van der Waals surface area contributed by atoms with Crippen molar-refractivity contribution in [1.29, 1.82) is 0 Å². The predicted octanol–water partition coefficient (Wildman–Crippen LogP) is 5.34. The molecule has 1 radical (unpaired) electrons. The van der Waals surface area contributed by atoms with E-state index in [1.165, 1.54) is 0 Å². The predicted molar refractivity (Wildman–Crippen MR) is 132 cm³/mol. The summed E-state index contributed by atoms with van der Waals surface area (Å²) in [6.07, 6.45) is 4.84. The molecule has 0 unspecified atom stereocenters. The number of piperidine rings is 1. The third-order valence-electron chi connectivity index (χ3n) is 5.54. The molecule has 1 amide bonds. The first-order chi connectivity index (χ1) is 15.7. The van der Waals surface area contributed by atoms with Gasteiger partial charge in [0.25, 0.3) is 0 Å². The Bertz CT molecular complexity index is 1080. The van der Waals surface area contributed by atoms with Crippen LogP contribution in [0.5, 0.6) is 5.75 Å². The van der Waals surface area contributed by atoms with Crippen molar-refractivity contribution in [3.63, 3.8) is 0 Å². The van der Waals surface area contributed by atoms with E-state index in [0.29, 0.717) is 13.1 Å². The molecule has 4 rings (SSSR count). The van der Waals surface area contributed by atoms with Gasteiger partial charge in [0, 0.05) is 47.0 Å². The third kappa shape index (κ3) is 5.38. The van der Waals surface area contributed by atoms with Crippen LogP contribution in [0.3, 0.4) is 0 Å². The molecule has 3 heterocycles. The number of aliphatic imine (C=N–C) groups is 1. The van der Waals surface area contributed by atoms with Gasteiger partial charge in [-0.05, 0) is 63.9 Å². The van der Waals surface area contributed by atoms with Crippen molar-refractivity contribution in [2.24, 2.45) is 10.9 Å². The van der Waals surface area contributed by atoms with Crippen LogP contribution in [0.15, 0.2) is 52.2 Å². The number of aromatic nitrogens is 1. The quantitative estimate of drug-likeness (QED) is 0.554. The maximum absolute atomic E-state index is 12.4. The second-order valence-corrected chi connectivity index (χ2v) is 10.0. The molecule has 0 bridgehead atoms. The smallest absolute Gasteiger partial charge is 0.410 e. The van der Waals surface area contributed by atoms with Crippen LogP contribution in [-0.4, -0.2) is 47.6 Å². The van der Waals surface area contributed by atoms with Gasteiger partial charge in [-0.3, -0.25) is 4.98 Å². The Morgan fingerprint density at radius 3 is 2.55 bits per heavy atom. The van der Waals surface area contributed by atoms with Crippen LogP contribution in [-0.2, 0) is 4.74 Å². The van der Waals surface area contributed by atoms with Crippen molar-refractivity contribution in [3.8, 4) is 5.75 Å². The fraction of sp³-hybridized carbons (Fsp3) is 0.400. The number of hydrogen-bond donors (Lipinski definition) is 0. The molecule has 0 atom stereocenters. The van der Waals surface area contributed by atoms with Crippen LogP contribution in [0.1, 0.15) is 44.7 Å². The molecule has 2 aromatic rings. The molecule has 33 heavy (non-hydrogen) atoms. The Labute approximate surface area is 203 Å². The topological polar surface area (TPSA) is 78.1 Å². The summed E-state index contributed by atoms with van der Waals surface area (Å²) >= 11 is 3.56. The summed E-state index contributed by atoms with van der Waals surface area (Å²) in [4.78, 5) is 23.5. The van der Waals surface area contributed by atoms with Gasteiger partial charge in [0.05, 0.1) is 7.11 Å². The van der Waals surface area contributed by atoms with Gasteiger partial charge in [0.2, 0.25) is 0 Å². The largest absolute Gasteiger partial charge is 0.496 e.